The highest BCUT2D eigenvalue weighted by molar-refractivity contribution is 7.90. The molecule has 3 aromatic rings. The Hall–Kier alpha value is -4.71. The van der Waals surface area contributed by atoms with E-state index in [1.807, 2.05) is 38.1 Å². The zero-order valence-corrected chi connectivity index (χ0v) is 23.7. The Morgan fingerprint density at radius 3 is 2.40 bits per heavy atom. The van der Waals surface area contributed by atoms with E-state index in [9.17, 15) is 18.0 Å². The largest absolute Gasteiger partial charge is 0.495 e. The van der Waals surface area contributed by atoms with Crippen LogP contribution in [0.2, 0.25) is 0 Å². The molecule has 40 heavy (non-hydrogen) atoms. The first-order chi connectivity index (χ1) is 19.0. The van der Waals surface area contributed by atoms with Crippen LogP contribution in [0.4, 0.5) is 22.7 Å². The Morgan fingerprint density at radius 1 is 1.02 bits per heavy atom. The minimum Gasteiger partial charge on any atom is -0.495 e. The quantitative estimate of drug-likeness (QED) is 0.339. The first-order valence-corrected chi connectivity index (χ1v) is 13.5. The number of hydrogen-bond acceptors (Lipinski definition) is 9. The van der Waals surface area contributed by atoms with Crippen LogP contribution in [-0.4, -0.2) is 67.2 Å². The third-order valence-corrected chi connectivity index (χ3v) is 7.57. The summed E-state index contributed by atoms with van der Waals surface area (Å²) in [5, 5.41) is 2.71. The second-order valence-corrected chi connectivity index (χ2v) is 10.7. The van der Waals surface area contributed by atoms with Crippen LogP contribution < -0.4 is 19.9 Å². The summed E-state index contributed by atoms with van der Waals surface area (Å²) in [6, 6.07) is 16.2. The minimum absolute atomic E-state index is 0.0139. The molecule has 0 atom stereocenters. The third kappa shape index (κ3) is 5.52. The Bertz CT molecular complexity index is 1660. The summed E-state index contributed by atoms with van der Waals surface area (Å²) in [4.78, 5) is 34.0. The molecular formula is C28H29N5O6S. The van der Waals surface area contributed by atoms with Crippen molar-refractivity contribution >= 4 is 56.2 Å². The third-order valence-electron chi connectivity index (χ3n) is 6.25. The Balaban J connectivity index is 1.88. The van der Waals surface area contributed by atoms with E-state index in [4.69, 9.17) is 9.47 Å². The van der Waals surface area contributed by atoms with E-state index in [-0.39, 0.29) is 33.4 Å². The lowest BCUT2D eigenvalue weighted by Gasteiger charge is -2.27. The molecule has 12 heteroatoms. The summed E-state index contributed by atoms with van der Waals surface area (Å²) >= 11 is 0. The molecule has 1 amide bonds. The predicted molar refractivity (Wildman–Crippen MR) is 155 cm³/mol. The molecular weight excluding hydrogens is 534 g/mol. The number of rotatable bonds is 7. The van der Waals surface area contributed by atoms with Crippen molar-refractivity contribution in [3.8, 4) is 5.75 Å². The number of amidine groups is 1. The molecule has 0 saturated heterocycles. The number of hydrogen-bond donors (Lipinski definition) is 1. The maximum absolute atomic E-state index is 13.9. The van der Waals surface area contributed by atoms with Gasteiger partial charge in [-0.05, 0) is 61.0 Å². The van der Waals surface area contributed by atoms with Gasteiger partial charge in [0, 0.05) is 26.8 Å². The topological polar surface area (TPSA) is 130 Å². The molecule has 0 aliphatic carbocycles. The number of anilines is 3. The van der Waals surface area contributed by atoms with Crippen LogP contribution in [0.5, 0.6) is 5.75 Å². The summed E-state index contributed by atoms with van der Waals surface area (Å²) in [5.41, 5.74) is 2.55. The molecule has 1 aliphatic rings. The number of benzene rings is 3. The second-order valence-electron chi connectivity index (χ2n) is 9.10. The highest BCUT2D eigenvalue weighted by atomic mass is 32.2. The average Bonchev–Trinajstić information content (AvgIpc) is 2.94. The van der Waals surface area contributed by atoms with Crippen molar-refractivity contribution in [2.75, 3.05) is 50.5 Å². The summed E-state index contributed by atoms with van der Waals surface area (Å²) in [7, 11) is 3.93. The maximum Gasteiger partial charge on any atom is 0.337 e. The van der Waals surface area contributed by atoms with Gasteiger partial charge in [-0.1, -0.05) is 12.1 Å². The molecule has 4 rings (SSSR count). The normalized spacial score (nSPS) is 14.1. The zero-order valence-electron chi connectivity index (χ0n) is 22.9. The van der Waals surface area contributed by atoms with E-state index < -0.39 is 21.9 Å². The number of para-hydroxylation sites is 1. The van der Waals surface area contributed by atoms with Gasteiger partial charge in [-0.15, -0.1) is 4.40 Å². The zero-order chi connectivity index (χ0) is 29.2. The summed E-state index contributed by atoms with van der Waals surface area (Å²) in [6.07, 6.45) is 0. The smallest absolute Gasteiger partial charge is 0.337 e. The molecule has 0 spiro atoms. The second kappa shape index (κ2) is 11.2. The summed E-state index contributed by atoms with van der Waals surface area (Å²) in [5.74, 6) is -1.28. The molecule has 0 saturated carbocycles. The van der Waals surface area contributed by atoms with E-state index in [0.717, 1.165) is 11.3 Å². The lowest BCUT2D eigenvalue weighted by molar-refractivity contribution is -0.110. The van der Waals surface area contributed by atoms with E-state index >= 15 is 0 Å². The number of methoxy groups -OCH3 is 2. The molecule has 3 aromatic carbocycles. The fourth-order valence-electron chi connectivity index (χ4n) is 4.09. The number of ether oxygens (including phenoxy) is 2. The first kappa shape index (κ1) is 28.3. The summed E-state index contributed by atoms with van der Waals surface area (Å²) < 4.78 is 40.4. The van der Waals surface area contributed by atoms with Crippen LogP contribution in [0.25, 0.3) is 0 Å². The molecule has 1 aliphatic heterocycles. The van der Waals surface area contributed by atoms with Crippen molar-refractivity contribution in [2.45, 2.75) is 11.8 Å². The highest BCUT2D eigenvalue weighted by Gasteiger charge is 2.34. The lowest BCUT2D eigenvalue weighted by Crippen LogP contribution is -2.43. The number of aryl methyl sites for hydroxylation is 1. The van der Waals surface area contributed by atoms with Crippen LogP contribution >= 0.6 is 0 Å². The molecule has 1 heterocycles. The molecule has 1 N–H and O–H groups in total. The number of nitrogens with one attached hydrogen (secondary N) is 1. The number of nitrogens with zero attached hydrogens (tertiary/aromatic N) is 4. The Labute approximate surface area is 232 Å². The summed E-state index contributed by atoms with van der Waals surface area (Å²) in [6.45, 7) is 1.84. The molecule has 0 radical (unpaired) electrons. The van der Waals surface area contributed by atoms with E-state index in [0.29, 0.717) is 11.4 Å². The molecule has 208 valence electrons. The van der Waals surface area contributed by atoms with Crippen LogP contribution in [0, 0.1) is 6.92 Å². The van der Waals surface area contributed by atoms with Crippen LogP contribution in [0.3, 0.4) is 0 Å². The first-order valence-electron chi connectivity index (χ1n) is 12.1. The lowest BCUT2D eigenvalue weighted by atomic mass is 10.1. The van der Waals surface area contributed by atoms with Crippen molar-refractivity contribution in [3.63, 3.8) is 0 Å². The monoisotopic (exact) mass is 563 g/mol. The molecule has 11 nitrogen and oxygen atoms in total. The van der Waals surface area contributed by atoms with Gasteiger partial charge in [0.05, 0.1) is 36.8 Å². The van der Waals surface area contributed by atoms with Crippen molar-refractivity contribution in [1.82, 2.24) is 0 Å². The van der Waals surface area contributed by atoms with Gasteiger partial charge in [0.2, 0.25) is 0 Å². The number of carbonyl (C=O) groups excluding carboxylic acids is 2. The predicted octanol–water partition coefficient (Wildman–Crippen LogP) is 3.80. The van der Waals surface area contributed by atoms with E-state index in [1.54, 1.807) is 31.3 Å². The van der Waals surface area contributed by atoms with Crippen molar-refractivity contribution in [2.24, 2.45) is 9.39 Å². The number of esters is 1. The highest BCUT2D eigenvalue weighted by Crippen LogP contribution is 2.32. The van der Waals surface area contributed by atoms with Crippen LogP contribution in [-0.2, 0) is 19.6 Å². The average molecular weight is 564 g/mol. The van der Waals surface area contributed by atoms with Gasteiger partial charge in [-0.25, -0.2) is 9.79 Å². The number of sulfonamides is 1. The number of fused-ring (bicyclic) bond motifs is 1. The van der Waals surface area contributed by atoms with Crippen molar-refractivity contribution in [1.29, 1.82) is 0 Å². The van der Waals surface area contributed by atoms with E-state index in [2.05, 4.69) is 14.7 Å². The van der Waals surface area contributed by atoms with Gasteiger partial charge in [0.15, 0.2) is 11.5 Å². The molecule has 0 fully saturated rings. The fourth-order valence-corrected chi connectivity index (χ4v) is 5.35. The minimum atomic E-state index is -4.14. The van der Waals surface area contributed by atoms with Crippen LogP contribution in [0.15, 0.2) is 74.9 Å². The SMILES string of the molecule is COC(=O)c1ccc(OC)c(NC(=O)/C(=N\c2ccc(N(C)C)cc2C)C2=NS(=O)(=O)c3ccccc3N2C)c1. The standard InChI is InChI=1S/C28H29N5O6S/c1-17-15-19(32(2)3)12-13-20(17)29-25(26-31-40(36,37)24-10-8-7-9-22(24)33(26)4)27(34)30-21-16-18(28(35)39-6)11-14-23(21)38-5/h7-16H,1-6H3,(H,30,34)/b29-25-. The number of amides is 1. The van der Waals surface area contributed by atoms with Crippen molar-refractivity contribution in [3.05, 3.63) is 71.8 Å². The van der Waals surface area contributed by atoms with Gasteiger partial charge in [-0.2, -0.15) is 8.42 Å². The number of carbonyl (C=O) groups is 2. The Kier molecular flexibility index (Phi) is 7.91. The molecule has 0 unspecified atom stereocenters. The molecule has 0 bridgehead atoms. The van der Waals surface area contributed by atoms with Crippen LogP contribution in [0.1, 0.15) is 15.9 Å². The number of aliphatic imine (C=N–C) groups is 1. The fraction of sp³-hybridized carbons (Fsp3) is 0.214. The molecule has 0 aromatic heterocycles. The maximum atomic E-state index is 13.9. The Morgan fingerprint density at radius 2 is 1.75 bits per heavy atom. The van der Waals surface area contributed by atoms with Gasteiger partial charge in [0.25, 0.3) is 15.9 Å². The van der Waals surface area contributed by atoms with Gasteiger partial charge < -0.3 is 24.6 Å². The van der Waals surface area contributed by atoms with Crippen molar-refractivity contribution < 1.29 is 27.5 Å². The van der Waals surface area contributed by atoms with E-state index in [1.165, 1.54) is 43.4 Å². The van der Waals surface area contributed by atoms with Gasteiger partial charge >= 0.3 is 5.97 Å². The van der Waals surface area contributed by atoms with Gasteiger partial charge in [-0.3, -0.25) is 4.79 Å². The van der Waals surface area contributed by atoms with Gasteiger partial charge in [0.1, 0.15) is 10.6 Å².